The van der Waals surface area contributed by atoms with E-state index in [-0.39, 0.29) is 29.5 Å². The van der Waals surface area contributed by atoms with Crippen LogP contribution >= 0.6 is 0 Å². The third-order valence-electron chi connectivity index (χ3n) is 5.79. The lowest BCUT2D eigenvalue weighted by molar-refractivity contribution is 0.0931. The largest absolute Gasteiger partial charge is 0.497 e. The standard InChI is InChI=1S/C23H28N2O5S/c1-29-19-11-9-17(10-12-19)22(16-7-8-16)25-23(26)18-4-2-6-21(14-18)31(27,28)24-15-20-5-3-13-30-20/h2,4,6,9-12,14,16,20,22,24H,3,5,7-8,13,15H2,1H3,(H,25,26). The molecule has 2 aliphatic rings. The van der Waals surface area contributed by atoms with E-state index >= 15 is 0 Å². The Hall–Kier alpha value is -2.42. The monoisotopic (exact) mass is 444 g/mol. The maximum Gasteiger partial charge on any atom is 0.251 e. The van der Waals surface area contributed by atoms with Crippen LogP contribution < -0.4 is 14.8 Å². The van der Waals surface area contributed by atoms with Crippen molar-refractivity contribution >= 4 is 15.9 Å². The molecule has 1 amide bonds. The van der Waals surface area contributed by atoms with Crippen LogP contribution in [-0.4, -0.2) is 40.7 Å². The van der Waals surface area contributed by atoms with Gasteiger partial charge in [-0.1, -0.05) is 18.2 Å². The summed E-state index contributed by atoms with van der Waals surface area (Å²) in [6.07, 6.45) is 3.80. The summed E-state index contributed by atoms with van der Waals surface area (Å²) in [6.45, 7) is 0.901. The van der Waals surface area contributed by atoms with Crippen LogP contribution in [0.1, 0.15) is 47.6 Å². The summed E-state index contributed by atoms with van der Waals surface area (Å²) >= 11 is 0. The topological polar surface area (TPSA) is 93.7 Å². The number of nitrogens with one attached hydrogen (secondary N) is 2. The molecule has 8 heteroatoms. The fraction of sp³-hybridized carbons (Fsp3) is 0.435. The van der Waals surface area contributed by atoms with Crippen LogP contribution in [0.2, 0.25) is 0 Å². The Kier molecular flexibility index (Phi) is 6.60. The zero-order chi connectivity index (χ0) is 21.8. The predicted molar refractivity (Wildman–Crippen MR) is 117 cm³/mol. The molecule has 1 aliphatic heterocycles. The van der Waals surface area contributed by atoms with Gasteiger partial charge in [0, 0.05) is 18.7 Å². The molecule has 166 valence electrons. The highest BCUT2D eigenvalue weighted by Gasteiger charge is 2.33. The van der Waals surface area contributed by atoms with Crippen LogP contribution in [0.25, 0.3) is 0 Å². The number of carbonyl (C=O) groups is 1. The molecule has 1 saturated carbocycles. The molecule has 0 aromatic heterocycles. The molecule has 0 bridgehead atoms. The quantitative estimate of drug-likeness (QED) is 0.620. The van der Waals surface area contributed by atoms with Gasteiger partial charge < -0.3 is 14.8 Å². The fourth-order valence-electron chi connectivity index (χ4n) is 3.83. The summed E-state index contributed by atoms with van der Waals surface area (Å²) in [6, 6.07) is 13.7. The summed E-state index contributed by atoms with van der Waals surface area (Å²) in [5.41, 5.74) is 1.33. The molecule has 1 aliphatic carbocycles. The van der Waals surface area contributed by atoms with E-state index in [1.807, 2.05) is 24.3 Å². The average molecular weight is 445 g/mol. The molecule has 2 atom stereocenters. The number of hydrogen-bond donors (Lipinski definition) is 2. The third-order valence-corrected chi connectivity index (χ3v) is 7.21. The zero-order valence-electron chi connectivity index (χ0n) is 17.5. The van der Waals surface area contributed by atoms with Crippen molar-refractivity contribution in [3.8, 4) is 5.75 Å². The lowest BCUT2D eigenvalue weighted by atomic mass is 10.0. The summed E-state index contributed by atoms with van der Waals surface area (Å²) in [5.74, 6) is 0.860. The van der Waals surface area contributed by atoms with Crippen molar-refractivity contribution in [1.29, 1.82) is 0 Å². The van der Waals surface area contributed by atoms with E-state index < -0.39 is 10.0 Å². The van der Waals surface area contributed by atoms with Gasteiger partial charge >= 0.3 is 0 Å². The Morgan fingerprint density at radius 3 is 2.58 bits per heavy atom. The molecule has 1 saturated heterocycles. The number of rotatable bonds is 9. The van der Waals surface area contributed by atoms with Crippen LogP contribution in [0.4, 0.5) is 0 Å². The Morgan fingerprint density at radius 1 is 1.16 bits per heavy atom. The molecule has 7 nitrogen and oxygen atoms in total. The minimum absolute atomic E-state index is 0.0746. The van der Waals surface area contributed by atoms with Gasteiger partial charge in [-0.2, -0.15) is 0 Å². The van der Waals surface area contributed by atoms with Crippen LogP contribution in [0.5, 0.6) is 5.75 Å². The van der Waals surface area contributed by atoms with Gasteiger partial charge in [0.1, 0.15) is 5.75 Å². The molecule has 2 aromatic rings. The van der Waals surface area contributed by atoms with Gasteiger partial charge in [-0.3, -0.25) is 4.79 Å². The molecule has 0 spiro atoms. The van der Waals surface area contributed by atoms with Crippen molar-refractivity contribution in [2.45, 2.75) is 42.7 Å². The normalized spacial score (nSPS) is 19.7. The molecule has 2 N–H and O–H groups in total. The van der Waals surface area contributed by atoms with E-state index in [1.54, 1.807) is 19.2 Å². The summed E-state index contributed by atoms with van der Waals surface area (Å²) in [7, 11) is -2.10. The van der Waals surface area contributed by atoms with Crippen molar-refractivity contribution in [3.63, 3.8) is 0 Å². The van der Waals surface area contributed by atoms with Crippen LogP contribution in [0, 0.1) is 5.92 Å². The first-order chi connectivity index (χ1) is 15.0. The minimum Gasteiger partial charge on any atom is -0.497 e. The number of benzene rings is 2. The van der Waals surface area contributed by atoms with Crippen LogP contribution in [0.3, 0.4) is 0 Å². The Balaban J connectivity index is 1.46. The van der Waals surface area contributed by atoms with E-state index in [2.05, 4.69) is 10.0 Å². The SMILES string of the molecule is COc1ccc(C(NC(=O)c2cccc(S(=O)(=O)NCC3CCCO3)c2)C2CC2)cc1. The Labute approximate surface area is 183 Å². The van der Waals surface area contributed by atoms with Crippen LogP contribution in [-0.2, 0) is 14.8 Å². The third kappa shape index (κ3) is 5.44. The second kappa shape index (κ2) is 9.38. The van der Waals surface area contributed by atoms with E-state index in [9.17, 15) is 13.2 Å². The molecule has 1 heterocycles. The molecule has 2 fully saturated rings. The van der Waals surface area contributed by atoms with Crippen LogP contribution in [0.15, 0.2) is 53.4 Å². The number of ether oxygens (including phenoxy) is 2. The highest BCUT2D eigenvalue weighted by Crippen LogP contribution is 2.41. The smallest absolute Gasteiger partial charge is 0.251 e. The highest BCUT2D eigenvalue weighted by molar-refractivity contribution is 7.89. The number of amides is 1. The Morgan fingerprint density at radius 2 is 1.94 bits per heavy atom. The predicted octanol–water partition coefficient (Wildman–Crippen LogP) is 3.03. The lowest BCUT2D eigenvalue weighted by Gasteiger charge is -2.19. The fourth-order valence-corrected chi connectivity index (χ4v) is 4.95. The van der Waals surface area contributed by atoms with Gasteiger partial charge in [0.25, 0.3) is 5.91 Å². The summed E-state index contributed by atoms with van der Waals surface area (Å²) in [5, 5.41) is 3.09. The highest BCUT2D eigenvalue weighted by atomic mass is 32.2. The number of carbonyl (C=O) groups excluding carboxylic acids is 1. The second-order valence-corrected chi connectivity index (χ2v) is 9.84. The van der Waals surface area contributed by atoms with Crippen molar-refractivity contribution in [2.75, 3.05) is 20.3 Å². The lowest BCUT2D eigenvalue weighted by Crippen LogP contribution is -2.32. The number of methoxy groups -OCH3 is 1. The second-order valence-electron chi connectivity index (χ2n) is 8.08. The molecule has 31 heavy (non-hydrogen) atoms. The molecule has 4 rings (SSSR count). The average Bonchev–Trinajstić information content (AvgIpc) is 3.50. The van der Waals surface area contributed by atoms with Gasteiger partial charge in [-0.05, 0) is 67.5 Å². The first-order valence-corrected chi connectivity index (χ1v) is 12.1. The number of sulfonamides is 1. The zero-order valence-corrected chi connectivity index (χ0v) is 18.4. The number of hydrogen-bond acceptors (Lipinski definition) is 5. The van der Waals surface area contributed by atoms with Crippen molar-refractivity contribution in [3.05, 3.63) is 59.7 Å². The molecule has 2 unspecified atom stereocenters. The molecular weight excluding hydrogens is 416 g/mol. The van der Waals surface area contributed by atoms with E-state index in [1.165, 1.54) is 12.1 Å². The van der Waals surface area contributed by atoms with Gasteiger partial charge in [-0.25, -0.2) is 13.1 Å². The van der Waals surface area contributed by atoms with Crippen molar-refractivity contribution < 1.29 is 22.7 Å². The van der Waals surface area contributed by atoms with Crippen molar-refractivity contribution in [2.24, 2.45) is 5.92 Å². The van der Waals surface area contributed by atoms with Gasteiger partial charge in [-0.15, -0.1) is 0 Å². The van der Waals surface area contributed by atoms with E-state index in [0.29, 0.717) is 18.1 Å². The maximum atomic E-state index is 13.0. The maximum absolute atomic E-state index is 13.0. The van der Waals surface area contributed by atoms with E-state index in [4.69, 9.17) is 9.47 Å². The summed E-state index contributed by atoms with van der Waals surface area (Å²) < 4.78 is 38.6. The Bertz CT molecular complexity index is 1010. The van der Waals surface area contributed by atoms with Gasteiger partial charge in [0.2, 0.25) is 10.0 Å². The van der Waals surface area contributed by atoms with Crippen molar-refractivity contribution in [1.82, 2.24) is 10.0 Å². The van der Waals surface area contributed by atoms with Gasteiger partial charge in [0.05, 0.1) is 24.2 Å². The first-order valence-electron chi connectivity index (χ1n) is 10.6. The first kappa shape index (κ1) is 21.8. The molecule has 2 aromatic carbocycles. The minimum atomic E-state index is -3.72. The molecule has 0 radical (unpaired) electrons. The van der Waals surface area contributed by atoms with E-state index in [0.717, 1.165) is 37.0 Å². The molecular formula is C23H28N2O5S. The summed E-state index contributed by atoms with van der Waals surface area (Å²) in [4.78, 5) is 13.0. The van der Waals surface area contributed by atoms with Gasteiger partial charge in [0.15, 0.2) is 0 Å².